The van der Waals surface area contributed by atoms with Crippen LogP contribution in [0.3, 0.4) is 0 Å². The molecule has 2 fully saturated rings. The zero-order valence-electron chi connectivity index (χ0n) is 13.1. The molecular formula is C16H30N2O2. The van der Waals surface area contributed by atoms with Crippen LogP contribution < -0.4 is 0 Å². The first kappa shape index (κ1) is 15.8. The number of hydrogen-bond donors (Lipinski definition) is 1. The van der Waals surface area contributed by atoms with Crippen molar-refractivity contribution < 1.29 is 9.90 Å². The highest BCUT2D eigenvalue weighted by Gasteiger charge is 2.30. The van der Waals surface area contributed by atoms with Crippen LogP contribution in [0.5, 0.6) is 0 Å². The van der Waals surface area contributed by atoms with Crippen LogP contribution in [-0.2, 0) is 4.79 Å². The van der Waals surface area contributed by atoms with Gasteiger partial charge in [0, 0.05) is 25.2 Å². The molecule has 2 saturated heterocycles. The van der Waals surface area contributed by atoms with E-state index in [4.69, 9.17) is 5.11 Å². The molecule has 0 aromatic carbocycles. The zero-order valence-corrected chi connectivity index (χ0v) is 13.1. The highest BCUT2D eigenvalue weighted by atomic mass is 16.3. The smallest absolute Gasteiger partial charge is 0.237 e. The van der Waals surface area contributed by atoms with Crippen LogP contribution in [0.2, 0.25) is 0 Å². The van der Waals surface area contributed by atoms with E-state index in [9.17, 15) is 4.79 Å². The van der Waals surface area contributed by atoms with Gasteiger partial charge in [-0.1, -0.05) is 0 Å². The van der Waals surface area contributed by atoms with Crippen molar-refractivity contribution in [2.75, 3.05) is 26.2 Å². The molecule has 2 heterocycles. The molecule has 0 aliphatic carbocycles. The van der Waals surface area contributed by atoms with E-state index in [2.05, 4.69) is 23.6 Å². The summed E-state index contributed by atoms with van der Waals surface area (Å²) in [5.41, 5.74) is 0. The molecule has 4 heteroatoms. The Morgan fingerprint density at radius 2 is 1.85 bits per heavy atom. The molecule has 3 unspecified atom stereocenters. The second kappa shape index (κ2) is 7.41. The third-order valence-electron chi connectivity index (χ3n) is 4.98. The Morgan fingerprint density at radius 3 is 2.50 bits per heavy atom. The summed E-state index contributed by atoms with van der Waals surface area (Å²) in [7, 11) is 0. The average molecular weight is 282 g/mol. The Kier molecular flexibility index (Phi) is 5.85. The largest absolute Gasteiger partial charge is 0.396 e. The molecule has 0 saturated carbocycles. The van der Waals surface area contributed by atoms with Crippen LogP contribution in [0.25, 0.3) is 0 Å². The SMILES string of the molecule is CC1CCCC(C)N1C(=O)CN1CCCC(CCO)C1. The number of likely N-dealkylation sites (tertiary alicyclic amines) is 2. The number of aliphatic hydroxyl groups excluding tert-OH is 1. The van der Waals surface area contributed by atoms with Gasteiger partial charge in [-0.05, 0) is 64.8 Å². The molecule has 0 aromatic rings. The van der Waals surface area contributed by atoms with Crippen LogP contribution in [0.1, 0.15) is 52.4 Å². The van der Waals surface area contributed by atoms with Crippen molar-refractivity contribution in [3.63, 3.8) is 0 Å². The fourth-order valence-electron chi connectivity index (χ4n) is 3.90. The molecule has 1 N–H and O–H groups in total. The van der Waals surface area contributed by atoms with E-state index in [0.717, 1.165) is 38.8 Å². The normalized spacial score (nSPS) is 32.4. The highest BCUT2D eigenvalue weighted by Crippen LogP contribution is 2.24. The average Bonchev–Trinajstić information content (AvgIpc) is 2.39. The number of carbonyl (C=O) groups is 1. The maximum atomic E-state index is 12.6. The molecule has 4 nitrogen and oxygen atoms in total. The van der Waals surface area contributed by atoms with E-state index in [1.54, 1.807) is 0 Å². The summed E-state index contributed by atoms with van der Waals surface area (Å²) >= 11 is 0. The van der Waals surface area contributed by atoms with Crippen molar-refractivity contribution in [1.29, 1.82) is 0 Å². The lowest BCUT2D eigenvalue weighted by molar-refractivity contribution is -0.139. The molecule has 3 atom stereocenters. The summed E-state index contributed by atoms with van der Waals surface area (Å²) in [6.45, 7) is 7.20. The van der Waals surface area contributed by atoms with Gasteiger partial charge in [-0.3, -0.25) is 9.69 Å². The van der Waals surface area contributed by atoms with Crippen LogP contribution in [0.4, 0.5) is 0 Å². The molecular weight excluding hydrogens is 252 g/mol. The molecule has 0 bridgehead atoms. The number of rotatable bonds is 4. The van der Waals surface area contributed by atoms with Gasteiger partial charge in [0.2, 0.25) is 5.91 Å². The van der Waals surface area contributed by atoms with E-state index in [1.165, 1.54) is 12.8 Å². The number of nitrogens with zero attached hydrogens (tertiary/aromatic N) is 2. The van der Waals surface area contributed by atoms with Crippen LogP contribution in [0, 0.1) is 5.92 Å². The summed E-state index contributed by atoms with van der Waals surface area (Å²) < 4.78 is 0. The van der Waals surface area contributed by atoms with Gasteiger partial charge in [0.25, 0.3) is 0 Å². The van der Waals surface area contributed by atoms with Crippen molar-refractivity contribution in [3.8, 4) is 0 Å². The lowest BCUT2D eigenvalue weighted by Crippen LogP contribution is -2.52. The predicted molar refractivity (Wildman–Crippen MR) is 80.5 cm³/mol. The van der Waals surface area contributed by atoms with Gasteiger partial charge in [-0.2, -0.15) is 0 Å². The summed E-state index contributed by atoms with van der Waals surface area (Å²) in [5.74, 6) is 0.868. The first-order chi connectivity index (χ1) is 9.61. The van der Waals surface area contributed by atoms with Gasteiger partial charge in [-0.15, -0.1) is 0 Å². The standard InChI is InChI=1S/C16H30N2O2/c1-13-5-3-6-14(2)18(13)16(20)12-17-9-4-7-15(11-17)8-10-19/h13-15,19H,3-12H2,1-2H3. The first-order valence-corrected chi connectivity index (χ1v) is 8.26. The Bertz CT molecular complexity index is 310. The van der Waals surface area contributed by atoms with Crippen molar-refractivity contribution in [3.05, 3.63) is 0 Å². The Labute approximate surface area is 123 Å². The minimum Gasteiger partial charge on any atom is -0.396 e. The van der Waals surface area contributed by atoms with Crippen molar-refractivity contribution in [2.24, 2.45) is 5.92 Å². The van der Waals surface area contributed by atoms with Gasteiger partial charge in [-0.25, -0.2) is 0 Å². The molecule has 2 rings (SSSR count). The molecule has 2 aliphatic heterocycles. The number of hydrogen-bond acceptors (Lipinski definition) is 3. The quantitative estimate of drug-likeness (QED) is 0.856. The maximum absolute atomic E-state index is 12.6. The monoisotopic (exact) mass is 282 g/mol. The van der Waals surface area contributed by atoms with Gasteiger partial charge >= 0.3 is 0 Å². The molecule has 1 amide bonds. The highest BCUT2D eigenvalue weighted by molar-refractivity contribution is 5.79. The topological polar surface area (TPSA) is 43.8 Å². The van der Waals surface area contributed by atoms with Gasteiger partial charge < -0.3 is 10.0 Å². The molecule has 116 valence electrons. The molecule has 0 spiro atoms. The molecule has 20 heavy (non-hydrogen) atoms. The Balaban J connectivity index is 1.86. The fourth-order valence-corrected chi connectivity index (χ4v) is 3.90. The van der Waals surface area contributed by atoms with Crippen molar-refractivity contribution >= 4 is 5.91 Å². The summed E-state index contributed by atoms with van der Waals surface area (Å²) in [6, 6.07) is 0.786. The predicted octanol–water partition coefficient (Wildman–Crippen LogP) is 1.87. The second-order valence-corrected chi connectivity index (χ2v) is 6.69. The number of amides is 1. The molecule has 0 aromatic heterocycles. The van der Waals surface area contributed by atoms with Crippen molar-refractivity contribution in [2.45, 2.75) is 64.5 Å². The first-order valence-electron chi connectivity index (χ1n) is 8.26. The summed E-state index contributed by atoms with van der Waals surface area (Å²) in [5, 5.41) is 9.07. The van der Waals surface area contributed by atoms with Crippen LogP contribution >= 0.6 is 0 Å². The third kappa shape index (κ3) is 3.95. The fraction of sp³-hybridized carbons (Fsp3) is 0.938. The minimum absolute atomic E-state index is 0.270. The van der Waals surface area contributed by atoms with Gasteiger partial charge in [0.1, 0.15) is 0 Å². The van der Waals surface area contributed by atoms with E-state index >= 15 is 0 Å². The van der Waals surface area contributed by atoms with Gasteiger partial charge in [0.05, 0.1) is 6.54 Å². The summed E-state index contributed by atoms with van der Waals surface area (Å²) in [4.78, 5) is 17.0. The second-order valence-electron chi connectivity index (χ2n) is 6.69. The van der Waals surface area contributed by atoms with E-state index in [0.29, 0.717) is 30.5 Å². The zero-order chi connectivity index (χ0) is 14.5. The van der Waals surface area contributed by atoms with Gasteiger partial charge in [0.15, 0.2) is 0 Å². The van der Waals surface area contributed by atoms with Crippen LogP contribution in [-0.4, -0.2) is 59.1 Å². The number of piperidine rings is 2. The number of aliphatic hydroxyl groups is 1. The lowest BCUT2D eigenvalue weighted by Gasteiger charge is -2.41. The Morgan fingerprint density at radius 1 is 1.15 bits per heavy atom. The van der Waals surface area contributed by atoms with E-state index in [1.807, 2.05) is 0 Å². The minimum atomic E-state index is 0.270. The lowest BCUT2D eigenvalue weighted by atomic mass is 9.94. The van der Waals surface area contributed by atoms with Crippen molar-refractivity contribution in [1.82, 2.24) is 9.80 Å². The maximum Gasteiger partial charge on any atom is 0.237 e. The van der Waals surface area contributed by atoms with E-state index < -0.39 is 0 Å². The summed E-state index contributed by atoms with van der Waals surface area (Å²) in [6.07, 6.45) is 6.76. The number of carbonyl (C=O) groups excluding carboxylic acids is 1. The Hall–Kier alpha value is -0.610. The molecule has 0 radical (unpaired) electrons. The van der Waals surface area contributed by atoms with E-state index in [-0.39, 0.29) is 6.61 Å². The third-order valence-corrected chi connectivity index (χ3v) is 4.98. The molecule has 2 aliphatic rings. The van der Waals surface area contributed by atoms with Crippen LogP contribution in [0.15, 0.2) is 0 Å².